The van der Waals surface area contributed by atoms with Crippen LogP contribution < -0.4 is 4.90 Å². The monoisotopic (exact) mass is 507 g/mol. The van der Waals surface area contributed by atoms with Crippen molar-refractivity contribution < 1.29 is 19.1 Å². The average molecular weight is 508 g/mol. The van der Waals surface area contributed by atoms with Crippen molar-refractivity contribution in [2.24, 2.45) is 0 Å². The summed E-state index contributed by atoms with van der Waals surface area (Å²) in [7, 11) is 1.57. The summed E-state index contributed by atoms with van der Waals surface area (Å²) in [5.41, 5.74) is 4.27. The SMILES string of the molecule is CCN(CC)C(=O)CN1CCCN(c2cccc(-n3cnc4cc(C(=O)OCCOC)ccc43)c2)CC1. The number of ether oxygens (including phenoxy) is 2. The van der Waals surface area contributed by atoms with Gasteiger partial charge in [-0.15, -0.1) is 0 Å². The maximum Gasteiger partial charge on any atom is 0.338 e. The van der Waals surface area contributed by atoms with Crippen LogP contribution in [0.3, 0.4) is 0 Å². The highest BCUT2D eigenvalue weighted by molar-refractivity contribution is 5.94. The second kappa shape index (κ2) is 12.7. The van der Waals surface area contributed by atoms with Gasteiger partial charge in [-0.2, -0.15) is 0 Å². The second-order valence-electron chi connectivity index (χ2n) is 9.15. The molecule has 2 aromatic carbocycles. The molecule has 0 unspecified atom stereocenters. The number of aromatic nitrogens is 2. The van der Waals surface area contributed by atoms with Crippen molar-refractivity contribution in [3.8, 4) is 5.69 Å². The van der Waals surface area contributed by atoms with Gasteiger partial charge in [0.15, 0.2) is 0 Å². The number of nitrogens with zero attached hydrogens (tertiary/aromatic N) is 5. The van der Waals surface area contributed by atoms with Gasteiger partial charge in [-0.25, -0.2) is 9.78 Å². The Hall–Kier alpha value is -3.43. The quantitative estimate of drug-likeness (QED) is 0.308. The maximum absolute atomic E-state index is 12.6. The van der Waals surface area contributed by atoms with E-state index in [1.165, 1.54) is 0 Å². The number of likely N-dealkylation sites (N-methyl/N-ethyl adjacent to an activating group) is 1. The van der Waals surface area contributed by atoms with Crippen LogP contribution in [0.1, 0.15) is 30.6 Å². The summed E-state index contributed by atoms with van der Waals surface area (Å²) < 4.78 is 12.2. The van der Waals surface area contributed by atoms with Gasteiger partial charge < -0.3 is 19.3 Å². The van der Waals surface area contributed by atoms with Gasteiger partial charge in [0.25, 0.3) is 0 Å². The minimum atomic E-state index is -0.385. The van der Waals surface area contributed by atoms with Crippen molar-refractivity contribution >= 4 is 28.6 Å². The second-order valence-corrected chi connectivity index (χ2v) is 9.15. The summed E-state index contributed by atoms with van der Waals surface area (Å²) in [5.74, 6) is -0.177. The van der Waals surface area contributed by atoms with Crippen molar-refractivity contribution in [2.75, 3.05) is 71.0 Å². The summed E-state index contributed by atoms with van der Waals surface area (Å²) in [6.45, 7) is 10.2. The lowest BCUT2D eigenvalue weighted by molar-refractivity contribution is -0.132. The number of esters is 1. The number of methoxy groups -OCH3 is 1. The zero-order valence-corrected chi connectivity index (χ0v) is 22.1. The zero-order valence-electron chi connectivity index (χ0n) is 22.1. The first kappa shape index (κ1) is 26.6. The van der Waals surface area contributed by atoms with Crippen LogP contribution in [-0.2, 0) is 14.3 Å². The van der Waals surface area contributed by atoms with E-state index in [4.69, 9.17) is 9.47 Å². The molecule has 1 aliphatic heterocycles. The molecule has 3 aromatic rings. The van der Waals surface area contributed by atoms with E-state index in [1.807, 2.05) is 29.4 Å². The number of amides is 1. The number of hydrogen-bond donors (Lipinski definition) is 0. The van der Waals surface area contributed by atoms with Gasteiger partial charge in [0.05, 0.1) is 29.7 Å². The Kier molecular flexibility index (Phi) is 9.14. The molecule has 0 saturated carbocycles. The van der Waals surface area contributed by atoms with Crippen LogP contribution in [-0.4, -0.2) is 97.4 Å². The first-order valence-corrected chi connectivity index (χ1v) is 13.0. The molecule has 0 N–H and O–H groups in total. The topological polar surface area (TPSA) is 80.1 Å². The molecule has 0 spiro atoms. The number of carbonyl (C=O) groups is 2. The van der Waals surface area contributed by atoms with E-state index >= 15 is 0 Å². The lowest BCUT2D eigenvalue weighted by Crippen LogP contribution is -2.41. The number of imidazole rings is 1. The van der Waals surface area contributed by atoms with Crippen molar-refractivity contribution in [1.82, 2.24) is 19.4 Å². The minimum Gasteiger partial charge on any atom is -0.460 e. The van der Waals surface area contributed by atoms with E-state index in [1.54, 1.807) is 25.6 Å². The molecule has 0 aliphatic carbocycles. The van der Waals surface area contributed by atoms with Gasteiger partial charge in [0.1, 0.15) is 12.9 Å². The van der Waals surface area contributed by atoms with E-state index in [9.17, 15) is 9.59 Å². The van der Waals surface area contributed by atoms with Crippen LogP contribution in [0.5, 0.6) is 0 Å². The number of rotatable bonds is 10. The summed E-state index contributed by atoms with van der Waals surface area (Å²) in [4.78, 5) is 35.9. The van der Waals surface area contributed by atoms with Gasteiger partial charge in [-0.3, -0.25) is 14.3 Å². The van der Waals surface area contributed by atoms with E-state index in [2.05, 4.69) is 39.0 Å². The molecule has 0 atom stereocenters. The number of fused-ring (bicyclic) bond motifs is 1. The molecule has 9 nitrogen and oxygen atoms in total. The molecule has 0 radical (unpaired) electrons. The van der Waals surface area contributed by atoms with Crippen LogP contribution >= 0.6 is 0 Å². The molecule has 1 amide bonds. The third-order valence-electron chi connectivity index (χ3n) is 6.84. The maximum atomic E-state index is 12.6. The Labute approximate surface area is 218 Å². The summed E-state index contributed by atoms with van der Waals surface area (Å²) in [6.07, 6.45) is 2.79. The van der Waals surface area contributed by atoms with Crippen molar-refractivity contribution in [3.63, 3.8) is 0 Å². The van der Waals surface area contributed by atoms with Gasteiger partial charge in [-0.1, -0.05) is 6.07 Å². The van der Waals surface area contributed by atoms with Crippen LogP contribution in [0.4, 0.5) is 5.69 Å². The Balaban J connectivity index is 1.45. The van der Waals surface area contributed by atoms with E-state index < -0.39 is 0 Å². The molecule has 198 valence electrons. The smallest absolute Gasteiger partial charge is 0.338 e. The largest absolute Gasteiger partial charge is 0.460 e. The summed E-state index contributed by atoms with van der Waals surface area (Å²) in [6, 6.07) is 13.8. The predicted molar refractivity (Wildman–Crippen MR) is 144 cm³/mol. The standard InChI is InChI=1S/C28H37N5O4/c1-4-31(5-2)27(34)20-30-12-7-13-32(15-14-30)23-8-6-9-24(19-23)33-21-29-25-18-22(10-11-26(25)33)28(35)37-17-16-36-3/h6,8-11,18-19,21H,4-5,7,12-17,20H2,1-3H3. The Morgan fingerprint density at radius 3 is 2.57 bits per heavy atom. The fourth-order valence-electron chi connectivity index (χ4n) is 4.74. The molecule has 9 heteroatoms. The normalized spacial score (nSPS) is 14.5. The molecule has 2 heterocycles. The highest BCUT2D eigenvalue weighted by Crippen LogP contribution is 2.24. The predicted octanol–water partition coefficient (Wildman–Crippen LogP) is 3.21. The number of carbonyl (C=O) groups excluding carboxylic acids is 2. The zero-order chi connectivity index (χ0) is 26.2. The lowest BCUT2D eigenvalue weighted by Gasteiger charge is -2.26. The van der Waals surface area contributed by atoms with Gasteiger partial charge >= 0.3 is 5.97 Å². The highest BCUT2D eigenvalue weighted by Gasteiger charge is 2.20. The van der Waals surface area contributed by atoms with E-state index in [0.29, 0.717) is 18.7 Å². The van der Waals surface area contributed by atoms with Crippen LogP contribution in [0.2, 0.25) is 0 Å². The average Bonchev–Trinajstić information content (AvgIpc) is 3.20. The summed E-state index contributed by atoms with van der Waals surface area (Å²) in [5, 5.41) is 0. The number of benzene rings is 2. The molecular formula is C28H37N5O4. The Morgan fingerprint density at radius 1 is 0.973 bits per heavy atom. The van der Waals surface area contributed by atoms with Crippen LogP contribution in [0.25, 0.3) is 16.7 Å². The highest BCUT2D eigenvalue weighted by atomic mass is 16.6. The van der Waals surface area contributed by atoms with Crippen molar-refractivity contribution in [1.29, 1.82) is 0 Å². The molecule has 1 fully saturated rings. The molecule has 1 aliphatic rings. The fourth-order valence-corrected chi connectivity index (χ4v) is 4.74. The summed E-state index contributed by atoms with van der Waals surface area (Å²) >= 11 is 0. The number of hydrogen-bond acceptors (Lipinski definition) is 7. The lowest BCUT2D eigenvalue weighted by atomic mass is 10.2. The van der Waals surface area contributed by atoms with Gasteiger partial charge in [0.2, 0.25) is 5.91 Å². The van der Waals surface area contributed by atoms with E-state index in [-0.39, 0.29) is 18.5 Å². The third-order valence-corrected chi connectivity index (χ3v) is 6.84. The molecule has 0 bridgehead atoms. The molecule has 37 heavy (non-hydrogen) atoms. The molecule has 1 saturated heterocycles. The van der Waals surface area contributed by atoms with Crippen molar-refractivity contribution in [3.05, 3.63) is 54.4 Å². The Morgan fingerprint density at radius 2 is 1.78 bits per heavy atom. The fraction of sp³-hybridized carbons (Fsp3) is 0.464. The molecule has 4 rings (SSSR count). The van der Waals surface area contributed by atoms with E-state index in [0.717, 1.165) is 68.1 Å². The van der Waals surface area contributed by atoms with Crippen LogP contribution in [0.15, 0.2) is 48.8 Å². The number of anilines is 1. The van der Waals surface area contributed by atoms with Crippen molar-refractivity contribution in [2.45, 2.75) is 20.3 Å². The van der Waals surface area contributed by atoms with Crippen LogP contribution in [0, 0.1) is 0 Å². The first-order valence-electron chi connectivity index (χ1n) is 13.0. The Bertz CT molecular complexity index is 1210. The molecule has 1 aromatic heterocycles. The first-order chi connectivity index (χ1) is 18.0. The van der Waals surface area contributed by atoms with Gasteiger partial charge in [-0.05, 0) is 56.7 Å². The molecular weight excluding hydrogens is 470 g/mol. The minimum absolute atomic E-state index is 0.207. The third kappa shape index (κ3) is 6.47. The van der Waals surface area contributed by atoms with Gasteiger partial charge in [0, 0.05) is 57.8 Å².